The topological polar surface area (TPSA) is 75.3 Å². The molecule has 0 saturated heterocycles. The third kappa shape index (κ3) is 5.92. The van der Waals surface area contributed by atoms with Gasteiger partial charge in [-0.05, 0) is 37.3 Å². The van der Waals surface area contributed by atoms with E-state index in [1.807, 2.05) is 31.2 Å². The van der Waals surface area contributed by atoms with Crippen LogP contribution in [0.3, 0.4) is 0 Å². The third-order valence-electron chi connectivity index (χ3n) is 3.45. The van der Waals surface area contributed by atoms with Gasteiger partial charge in [0.25, 0.3) is 5.91 Å². The number of terminal acetylenes is 1. The Morgan fingerprint density at radius 1 is 1.19 bits per heavy atom. The molecule has 0 aliphatic heterocycles. The number of aryl methyl sites for hydroxylation is 1. The number of carbonyl (C=O) groups is 1. The molecule has 26 heavy (non-hydrogen) atoms. The van der Waals surface area contributed by atoms with E-state index in [0.717, 1.165) is 10.6 Å². The van der Waals surface area contributed by atoms with E-state index >= 15 is 0 Å². The molecule has 0 unspecified atom stereocenters. The molecule has 2 aromatic carbocycles. The minimum atomic E-state index is -3.72. The number of hydrogen-bond donors (Lipinski definition) is 2. The van der Waals surface area contributed by atoms with Crippen LogP contribution >= 0.6 is 11.8 Å². The Hall–Kier alpha value is -2.27. The highest BCUT2D eigenvalue weighted by atomic mass is 32.2. The van der Waals surface area contributed by atoms with E-state index in [4.69, 9.17) is 6.42 Å². The lowest BCUT2D eigenvalue weighted by atomic mass is 10.2. The normalized spacial score (nSPS) is 10.9. The van der Waals surface area contributed by atoms with Crippen LogP contribution in [0.2, 0.25) is 0 Å². The molecule has 0 bridgehead atoms. The maximum absolute atomic E-state index is 12.2. The molecule has 0 aromatic heterocycles. The van der Waals surface area contributed by atoms with Gasteiger partial charge in [0.05, 0.1) is 11.4 Å². The second-order valence-electron chi connectivity index (χ2n) is 5.47. The van der Waals surface area contributed by atoms with E-state index in [1.54, 1.807) is 17.8 Å². The Morgan fingerprint density at radius 2 is 1.92 bits per heavy atom. The van der Waals surface area contributed by atoms with Crippen molar-refractivity contribution in [2.24, 2.45) is 0 Å². The number of hydrogen-bond acceptors (Lipinski definition) is 4. The van der Waals surface area contributed by atoms with Gasteiger partial charge in [-0.15, -0.1) is 18.2 Å². The van der Waals surface area contributed by atoms with E-state index in [1.165, 1.54) is 23.8 Å². The molecule has 0 spiro atoms. The van der Waals surface area contributed by atoms with Crippen LogP contribution in [0, 0.1) is 19.3 Å². The first-order valence-electron chi connectivity index (χ1n) is 7.93. The molecule has 2 N–H and O–H groups in total. The quantitative estimate of drug-likeness (QED) is 0.414. The van der Waals surface area contributed by atoms with Crippen LogP contribution in [0.25, 0.3) is 0 Å². The molecule has 136 valence electrons. The van der Waals surface area contributed by atoms with Gasteiger partial charge in [0.15, 0.2) is 0 Å². The summed E-state index contributed by atoms with van der Waals surface area (Å²) in [6.45, 7) is 2.41. The lowest BCUT2D eigenvalue weighted by Crippen LogP contribution is -2.27. The van der Waals surface area contributed by atoms with Gasteiger partial charge in [-0.1, -0.05) is 29.7 Å². The highest BCUT2D eigenvalue weighted by Crippen LogP contribution is 2.17. The molecule has 7 heteroatoms. The summed E-state index contributed by atoms with van der Waals surface area (Å²) in [5.74, 6) is 2.61. The lowest BCUT2D eigenvalue weighted by molar-refractivity contribution is 0.0956. The molecule has 0 aliphatic rings. The average molecular weight is 389 g/mol. The highest BCUT2D eigenvalue weighted by Gasteiger charge is 2.15. The number of amides is 1. The second kappa shape index (κ2) is 9.43. The zero-order valence-electron chi connectivity index (χ0n) is 14.4. The maximum atomic E-state index is 12.2. The van der Waals surface area contributed by atoms with Crippen molar-refractivity contribution >= 4 is 27.7 Å². The molecule has 2 aromatic rings. The van der Waals surface area contributed by atoms with E-state index in [0.29, 0.717) is 6.54 Å². The summed E-state index contributed by atoms with van der Waals surface area (Å²) in [6.07, 6.45) is 5.07. The van der Waals surface area contributed by atoms with E-state index in [-0.39, 0.29) is 22.9 Å². The van der Waals surface area contributed by atoms with Crippen LogP contribution in [0.4, 0.5) is 0 Å². The second-order valence-corrected chi connectivity index (χ2v) is 8.41. The first-order valence-corrected chi connectivity index (χ1v) is 10.4. The highest BCUT2D eigenvalue weighted by molar-refractivity contribution is 7.99. The molecular weight excluding hydrogens is 368 g/mol. The van der Waals surface area contributed by atoms with Gasteiger partial charge in [0, 0.05) is 22.8 Å². The molecular formula is C19H20N2O3S2. The molecule has 0 aliphatic carbocycles. The summed E-state index contributed by atoms with van der Waals surface area (Å²) in [7, 11) is -3.72. The number of thioether (sulfide) groups is 1. The van der Waals surface area contributed by atoms with Crippen molar-refractivity contribution in [3.05, 3.63) is 59.7 Å². The van der Waals surface area contributed by atoms with Gasteiger partial charge in [0.1, 0.15) is 0 Å². The summed E-state index contributed by atoms with van der Waals surface area (Å²) in [5, 5.41) is 2.80. The molecule has 5 nitrogen and oxygen atoms in total. The monoisotopic (exact) mass is 388 g/mol. The smallest absolute Gasteiger partial charge is 0.251 e. The zero-order chi connectivity index (χ0) is 19.0. The number of nitrogens with one attached hydrogen (secondary N) is 2. The summed E-state index contributed by atoms with van der Waals surface area (Å²) in [4.78, 5) is 13.4. The van der Waals surface area contributed by atoms with Crippen LogP contribution in [0.5, 0.6) is 0 Å². The predicted octanol–water partition coefficient (Wildman–Crippen LogP) is 2.43. The predicted molar refractivity (Wildman–Crippen MR) is 105 cm³/mol. The van der Waals surface area contributed by atoms with Crippen LogP contribution in [0.15, 0.2) is 58.3 Å². The summed E-state index contributed by atoms with van der Waals surface area (Å²) < 4.78 is 26.4. The van der Waals surface area contributed by atoms with Gasteiger partial charge in [-0.25, -0.2) is 8.42 Å². The van der Waals surface area contributed by atoms with Gasteiger partial charge < -0.3 is 5.32 Å². The zero-order valence-corrected chi connectivity index (χ0v) is 16.0. The van der Waals surface area contributed by atoms with Crippen molar-refractivity contribution in [3.63, 3.8) is 0 Å². The fourth-order valence-corrected chi connectivity index (χ4v) is 3.84. The summed E-state index contributed by atoms with van der Waals surface area (Å²) in [6, 6.07) is 14.0. The molecule has 0 saturated carbocycles. The number of sulfonamides is 1. The molecule has 1 amide bonds. The molecule has 0 heterocycles. The van der Waals surface area contributed by atoms with Crippen LogP contribution in [-0.2, 0) is 10.0 Å². The Bertz CT molecular complexity index is 901. The Balaban J connectivity index is 1.90. The number of benzene rings is 2. The Morgan fingerprint density at radius 3 is 2.62 bits per heavy atom. The fourth-order valence-electron chi connectivity index (χ4n) is 2.09. The van der Waals surface area contributed by atoms with E-state index in [2.05, 4.69) is 16.0 Å². The Kier molecular flexibility index (Phi) is 7.27. The largest absolute Gasteiger partial charge is 0.351 e. The van der Waals surface area contributed by atoms with Crippen molar-refractivity contribution in [1.82, 2.24) is 10.0 Å². The van der Waals surface area contributed by atoms with Gasteiger partial charge in [0.2, 0.25) is 10.0 Å². The molecule has 2 rings (SSSR count). The maximum Gasteiger partial charge on any atom is 0.251 e. The molecule has 0 atom stereocenters. The minimum absolute atomic E-state index is 0.00873. The number of rotatable bonds is 8. The summed E-state index contributed by atoms with van der Waals surface area (Å²) >= 11 is 1.64. The fraction of sp³-hybridized carbons (Fsp3) is 0.211. The Labute approximate surface area is 158 Å². The van der Waals surface area contributed by atoms with E-state index < -0.39 is 10.0 Å². The van der Waals surface area contributed by atoms with Crippen molar-refractivity contribution < 1.29 is 13.2 Å². The molecule has 0 radical (unpaired) electrons. The summed E-state index contributed by atoms with van der Waals surface area (Å²) in [5.41, 5.74) is 1.49. The minimum Gasteiger partial charge on any atom is -0.351 e. The third-order valence-corrected chi connectivity index (χ3v) is 5.86. The van der Waals surface area contributed by atoms with Crippen LogP contribution in [0.1, 0.15) is 15.9 Å². The van der Waals surface area contributed by atoms with E-state index in [9.17, 15) is 13.2 Å². The number of carbonyl (C=O) groups excluding carboxylic acids is 1. The van der Waals surface area contributed by atoms with Crippen molar-refractivity contribution in [3.8, 4) is 12.3 Å². The van der Waals surface area contributed by atoms with Gasteiger partial charge in [-0.3, -0.25) is 4.79 Å². The van der Waals surface area contributed by atoms with Crippen LogP contribution < -0.4 is 10.0 Å². The molecule has 0 fully saturated rings. The standard InChI is InChI=1S/C19H20N2O3S2/c1-3-11-21-26(23,24)18-6-4-5-16(14-18)19(22)20-12-13-25-17-9-7-15(2)8-10-17/h1,4-10,14,21H,11-13H2,2H3,(H,20,22). The van der Waals surface area contributed by atoms with Crippen molar-refractivity contribution in [2.45, 2.75) is 16.7 Å². The average Bonchev–Trinajstić information content (AvgIpc) is 2.65. The lowest BCUT2D eigenvalue weighted by Gasteiger charge is -2.08. The van der Waals surface area contributed by atoms with Crippen LogP contribution in [-0.4, -0.2) is 33.2 Å². The van der Waals surface area contributed by atoms with Crippen molar-refractivity contribution in [1.29, 1.82) is 0 Å². The first kappa shape index (κ1) is 20.0. The first-order chi connectivity index (χ1) is 12.4. The van der Waals surface area contributed by atoms with Gasteiger partial charge in [-0.2, -0.15) is 4.72 Å². The SMILES string of the molecule is C#CCNS(=O)(=O)c1cccc(C(=O)NCCSc2ccc(C)cc2)c1. The van der Waals surface area contributed by atoms with Gasteiger partial charge >= 0.3 is 0 Å². The van der Waals surface area contributed by atoms with Crippen molar-refractivity contribution in [2.75, 3.05) is 18.8 Å².